The molecule has 0 saturated carbocycles. The number of ether oxygens (including phenoxy) is 1. The summed E-state index contributed by atoms with van der Waals surface area (Å²) in [6.45, 7) is 0. The van der Waals surface area contributed by atoms with E-state index in [0.717, 1.165) is 28.1 Å². The Kier molecular flexibility index (Phi) is 5.87. The molecule has 1 amide bonds. The number of fused-ring (bicyclic) bond motifs is 1. The number of benzene rings is 3. The largest absolute Gasteiger partial charge is 0.457 e. The predicted molar refractivity (Wildman–Crippen MR) is 116 cm³/mol. The third-order valence-corrected chi connectivity index (χ3v) is 4.84. The summed E-state index contributed by atoms with van der Waals surface area (Å²) in [5.74, 6) is 1.54. The number of nitrogens with one attached hydrogen (secondary N) is 2. The summed E-state index contributed by atoms with van der Waals surface area (Å²) in [5, 5.41) is 4.71. The lowest BCUT2D eigenvalue weighted by Crippen LogP contribution is -2.19. The minimum atomic E-state index is -0.198. The molecule has 3 aromatic carbocycles. The molecule has 1 heterocycles. The van der Waals surface area contributed by atoms with E-state index in [1.807, 2.05) is 78.9 Å². The zero-order valence-electron chi connectivity index (χ0n) is 15.4. The second kappa shape index (κ2) is 9.07. The van der Waals surface area contributed by atoms with Crippen LogP contribution in [0.25, 0.3) is 11.0 Å². The van der Waals surface area contributed by atoms with E-state index < -0.39 is 0 Å². The molecule has 0 atom stereocenters. The topological polar surface area (TPSA) is 79.4 Å². The van der Waals surface area contributed by atoms with E-state index in [9.17, 15) is 4.79 Å². The van der Waals surface area contributed by atoms with Gasteiger partial charge in [-0.3, -0.25) is 4.79 Å². The molecular weight excluding hydrogens is 384 g/mol. The molecule has 4 aromatic rings. The number of imidazole rings is 1. The van der Waals surface area contributed by atoms with E-state index in [0.29, 0.717) is 5.16 Å². The number of rotatable bonds is 7. The van der Waals surface area contributed by atoms with Crippen molar-refractivity contribution in [3.05, 3.63) is 84.4 Å². The van der Waals surface area contributed by atoms with Gasteiger partial charge in [-0.15, -0.1) is 0 Å². The fourth-order valence-electron chi connectivity index (χ4n) is 2.59. The van der Waals surface area contributed by atoms with Gasteiger partial charge in [-0.25, -0.2) is 10.4 Å². The van der Waals surface area contributed by atoms with Gasteiger partial charge in [-0.05, 0) is 54.1 Å². The summed E-state index contributed by atoms with van der Waals surface area (Å²) in [6, 6.07) is 24.8. The molecule has 144 valence electrons. The lowest BCUT2D eigenvalue weighted by atomic mass is 10.2. The molecule has 7 heteroatoms. The Bertz CT molecular complexity index is 1090. The second-order valence-electron chi connectivity index (χ2n) is 6.13. The highest BCUT2D eigenvalue weighted by Gasteiger charge is 2.06. The normalized spacial score (nSPS) is 11.0. The third-order valence-electron chi connectivity index (χ3n) is 3.97. The highest BCUT2D eigenvalue weighted by Crippen LogP contribution is 2.21. The van der Waals surface area contributed by atoms with E-state index >= 15 is 0 Å². The van der Waals surface area contributed by atoms with Crippen LogP contribution in [0.5, 0.6) is 11.5 Å². The number of para-hydroxylation sites is 3. The summed E-state index contributed by atoms with van der Waals surface area (Å²) in [7, 11) is 0. The number of hydrogen-bond acceptors (Lipinski definition) is 5. The maximum Gasteiger partial charge on any atom is 0.250 e. The number of H-pyrrole nitrogens is 1. The first kappa shape index (κ1) is 18.8. The summed E-state index contributed by atoms with van der Waals surface area (Å²) in [4.78, 5) is 19.6. The van der Waals surface area contributed by atoms with Gasteiger partial charge in [0.15, 0.2) is 5.16 Å². The molecule has 0 fully saturated rings. The van der Waals surface area contributed by atoms with Gasteiger partial charge in [-0.2, -0.15) is 5.10 Å². The van der Waals surface area contributed by atoms with Crippen molar-refractivity contribution in [1.82, 2.24) is 15.4 Å². The van der Waals surface area contributed by atoms with Gasteiger partial charge in [0.25, 0.3) is 5.91 Å². The van der Waals surface area contributed by atoms with Crippen molar-refractivity contribution in [2.24, 2.45) is 5.10 Å². The number of hydrogen-bond donors (Lipinski definition) is 2. The molecule has 1 aromatic heterocycles. The van der Waals surface area contributed by atoms with E-state index in [4.69, 9.17) is 4.74 Å². The maximum atomic E-state index is 12.0. The van der Waals surface area contributed by atoms with Gasteiger partial charge in [0.2, 0.25) is 0 Å². The van der Waals surface area contributed by atoms with Gasteiger partial charge in [-0.1, -0.05) is 42.1 Å². The Morgan fingerprint density at radius 1 is 1.00 bits per heavy atom. The standard InChI is InChI=1S/C22H18N4O2S/c27-21(15-29-22-24-19-8-4-5-9-20(19)25-22)26-23-14-16-10-12-18(13-11-16)28-17-6-2-1-3-7-17/h1-14H,15H2,(H,24,25)(H,26,27)/b23-14+. The zero-order chi connectivity index (χ0) is 19.9. The van der Waals surface area contributed by atoms with Crippen molar-refractivity contribution in [3.8, 4) is 11.5 Å². The molecule has 0 aliphatic carbocycles. The van der Waals surface area contributed by atoms with Crippen LogP contribution in [0.2, 0.25) is 0 Å². The number of carbonyl (C=O) groups excluding carboxylic acids is 1. The van der Waals surface area contributed by atoms with E-state index in [1.54, 1.807) is 6.21 Å². The average Bonchev–Trinajstić information content (AvgIpc) is 3.17. The number of thioether (sulfide) groups is 1. The molecule has 0 aliphatic rings. The van der Waals surface area contributed by atoms with Crippen molar-refractivity contribution in [1.29, 1.82) is 0 Å². The van der Waals surface area contributed by atoms with Crippen LogP contribution in [0.1, 0.15) is 5.56 Å². The number of aromatic nitrogens is 2. The first-order chi connectivity index (χ1) is 14.3. The van der Waals surface area contributed by atoms with Gasteiger partial charge in [0.1, 0.15) is 11.5 Å². The van der Waals surface area contributed by atoms with Crippen molar-refractivity contribution < 1.29 is 9.53 Å². The van der Waals surface area contributed by atoms with Crippen LogP contribution in [-0.4, -0.2) is 27.8 Å². The molecule has 29 heavy (non-hydrogen) atoms. The molecule has 0 radical (unpaired) electrons. The van der Waals surface area contributed by atoms with E-state index in [1.165, 1.54) is 11.8 Å². The first-order valence-corrected chi connectivity index (χ1v) is 9.97. The fraction of sp³-hybridized carbons (Fsp3) is 0.0455. The number of amides is 1. The molecule has 6 nitrogen and oxygen atoms in total. The van der Waals surface area contributed by atoms with Crippen LogP contribution < -0.4 is 10.2 Å². The molecule has 0 aliphatic heterocycles. The zero-order valence-corrected chi connectivity index (χ0v) is 16.2. The minimum Gasteiger partial charge on any atom is -0.457 e. The molecule has 2 N–H and O–H groups in total. The molecule has 0 spiro atoms. The van der Waals surface area contributed by atoms with Gasteiger partial charge in [0, 0.05) is 0 Å². The summed E-state index contributed by atoms with van der Waals surface area (Å²) in [6.07, 6.45) is 1.59. The Morgan fingerprint density at radius 3 is 2.52 bits per heavy atom. The molecule has 0 unspecified atom stereocenters. The quantitative estimate of drug-likeness (QED) is 0.269. The summed E-state index contributed by atoms with van der Waals surface area (Å²) in [5.41, 5.74) is 5.22. The van der Waals surface area contributed by atoms with Crippen LogP contribution >= 0.6 is 11.8 Å². The van der Waals surface area contributed by atoms with E-state index in [-0.39, 0.29) is 11.7 Å². The SMILES string of the molecule is O=C(CSc1nc2ccccc2[nH]1)N/N=C/c1ccc(Oc2ccccc2)cc1. The number of hydrazone groups is 1. The van der Waals surface area contributed by atoms with Crippen molar-refractivity contribution >= 4 is 34.9 Å². The van der Waals surface area contributed by atoms with Crippen molar-refractivity contribution in [3.63, 3.8) is 0 Å². The highest BCUT2D eigenvalue weighted by atomic mass is 32.2. The minimum absolute atomic E-state index is 0.198. The van der Waals surface area contributed by atoms with Crippen molar-refractivity contribution in [2.45, 2.75) is 5.16 Å². The Hall–Kier alpha value is -3.58. The molecular formula is C22H18N4O2S. The Labute approximate surface area is 172 Å². The van der Waals surface area contributed by atoms with Crippen LogP contribution in [0.15, 0.2) is 89.1 Å². The fourth-order valence-corrected chi connectivity index (χ4v) is 3.27. The first-order valence-electron chi connectivity index (χ1n) is 8.99. The highest BCUT2D eigenvalue weighted by molar-refractivity contribution is 7.99. The van der Waals surface area contributed by atoms with Gasteiger partial charge >= 0.3 is 0 Å². The summed E-state index contributed by atoms with van der Waals surface area (Å²) >= 11 is 1.33. The van der Waals surface area contributed by atoms with Gasteiger partial charge < -0.3 is 9.72 Å². The number of nitrogens with zero attached hydrogens (tertiary/aromatic N) is 2. The molecule has 4 rings (SSSR count). The van der Waals surface area contributed by atoms with Gasteiger partial charge in [0.05, 0.1) is 23.0 Å². The predicted octanol–water partition coefficient (Wildman–Crippen LogP) is 4.60. The lowest BCUT2D eigenvalue weighted by Gasteiger charge is -2.05. The second-order valence-corrected chi connectivity index (χ2v) is 7.09. The molecule has 0 bridgehead atoms. The van der Waals surface area contributed by atoms with Crippen LogP contribution in [0, 0.1) is 0 Å². The lowest BCUT2D eigenvalue weighted by molar-refractivity contribution is -0.118. The molecule has 0 saturated heterocycles. The third kappa shape index (κ3) is 5.24. The monoisotopic (exact) mass is 402 g/mol. The Balaban J connectivity index is 1.25. The van der Waals surface area contributed by atoms with Crippen LogP contribution in [0.4, 0.5) is 0 Å². The number of carbonyl (C=O) groups is 1. The van der Waals surface area contributed by atoms with Crippen LogP contribution in [-0.2, 0) is 4.79 Å². The average molecular weight is 402 g/mol. The number of aromatic amines is 1. The maximum absolute atomic E-state index is 12.0. The Morgan fingerprint density at radius 2 is 1.72 bits per heavy atom. The van der Waals surface area contributed by atoms with Crippen molar-refractivity contribution in [2.75, 3.05) is 5.75 Å². The summed E-state index contributed by atoms with van der Waals surface area (Å²) < 4.78 is 5.75. The van der Waals surface area contributed by atoms with E-state index in [2.05, 4.69) is 20.5 Å². The van der Waals surface area contributed by atoms with Crippen LogP contribution in [0.3, 0.4) is 0 Å². The smallest absolute Gasteiger partial charge is 0.250 e.